The highest BCUT2D eigenvalue weighted by atomic mass is 35.5. The molecule has 0 saturated carbocycles. The lowest BCUT2D eigenvalue weighted by Gasteiger charge is -2.22. The van der Waals surface area contributed by atoms with Crippen LogP contribution in [0.5, 0.6) is 5.75 Å². The van der Waals surface area contributed by atoms with E-state index in [4.69, 9.17) is 39.5 Å². The second-order valence-corrected chi connectivity index (χ2v) is 9.61. The first kappa shape index (κ1) is 24.1. The van der Waals surface area contributed by atoms with Gasteiger partial charge in [0.1, 0.15) is 17.4 Å². The van der Waals surface area contributed by atoms with Crippen molar-refractivity contribution in [3.05, 3.63) is 63.2 Å². The molecule has 0 aliphatic heterocycles. The maximum Gasteiger partial charge on any atom is 0.260 e. The van der Waals surface area contributed by atoms with Crippen molar-refractivity contribution in [2.24, 2.45) is 5.10 Å². The van der Waals surface area contributed by atoms with Gasteiger partial charge in [0.05, 0.1) is 40.8 Å². The van der Waals surface area contributed by atoms with Gasteiger partial charge in [-0.05, 0) is 30.3 Å². The van der Waals surface area contributed by atoms with E-state index in [1.54, 1.807) is 25.3 Å². The number of carbonyl (C=O) groups excluding carboxylic acids is 1. The molecule has 0 saturated heterocycles. The first-order valence-electron chi connectivity index (χ1n) is 8.98. The number of pyridine rings is 1. The molecule has 1 heterocycles. The molecule has 3 rings (SSSR count). The topological polar surface area (TPSA) is 101 Å². The van der Waals surface area contributed by atoms with Gasteiger partial charge in [0.15, 0.2) is 0 Å². The van der Waals surface area contributed by atoms with Gasteiger partial charge in [0.2, 0.25) is 10.0 Å². The minimum absolute atomic E-state index is 0.0153. The Labute approximate surface area is 199 Å². The highest BCUT2D eigenvalue weighted by Crippen LogP contribution is 2.33. The van der Waals surface area contributed by atoms with Crippen LogP contribution in [-0.2, 0) is 14.8 Å². The van der Waals surface area contributed by atoms with Gasteiger partial charge in [0.25, 0.3) is 5.91 Å². The molecule has 0 spiro atoms. The van der Waals surface area contributed by atoms with E-state index in [-0.39, 0.29) is 20.9 Å². The average molecular weight is 516 g/mol. The van der Waals surface area contributed by atoms with Crippen molar-refractivity contribution in [2.45, 2.75) is 0 Å². The molecule has 0 aliphatic carbocycles. The lowest BCUT2D eigenvalue weighted by molar-refractivity contribution is -0.119. The number of benzene rings is 2. The van der Waals surface area contributed by atoms with Crippen LogP contribution in [0.3, 0.4) is 0 Å². The van der Waals surface area contributed by atoms with Gasteiger partial charge in [0, 0.05) is 17.0 Å². The number of hydrogen-bond acceptors (Lipinski definition) is 6. The zero-order valence-corrected chi connectivity index (χ0v) is 19.9. The molecule has 1 aromatic heterocycles. The number of rotatable bonds is 7. The number of hydrazone groups is 1. The second-order valence-electron chi connectivity index (χ2n) is 6.56. The molecule has 3 aromatic rings. The summed E-state index contributed by atoms with van der Waals surface area (Å²) in [6.45, 7) is -0.556. The Morgan fingerprint density at radius 1 is 1.22 bits per heavy atom. The van der Waals surface area contributed by atoms with E-state index in [1.807, 2.05) is 6.07 Å². The maximum absolute atomic E-state index is 12.4. The van der Waals surface area contributed by atoms with E-state index in [2.05, 4.69) is 15.5 Å². The van der Waals surface area contributed by atoms with E-state index in [1.165, 1.54) is 24.4 Å². The standard InChI is InChI=1S/C20H17Cl3N4O4S/c1-31-14-7-6-12-8-13(20(23)25-16(12)9-14)10-24-26-18(28)11-27(32(2,29)30)17-5-3-4-15(21)19(17)22/h3-10H,11H2,1-2H3,(H,26,28)/b24-10-. The smallest absolute Gasteiger partial charge is 0.260 e. The number of nitrogens with one attached hydrogen (secondary N) is 1. The number of halogens is 3. The van der Waals surface area contributed by atoms with Gasteiger partial charge < -0.3 is 4.74 Å². The second kappa shape index (κ2) is 9.91. The summed E-state index contributed by atoms with van der Waals surface area (Å²) in [5.41, 5.74) is 3.45. The number of carbonyl (C=O) groups is 1. The Kier molecular flexibility index (Phi) is 7.45. The van der Waals surface area contributed by atoms with Crippen LogP contribution in [0.25, 0.3) is 10.9 Å². The van der Waals surface area contributed by atoms with Crippen molar-refractivity contribution in [3.63, 3.8) is 0 Å². The van der Waals surface area contributed by atoms with E-state index in [0.29, 0.717) is 16.8 Å². The van der Waals surface area contributed by atoms with E-state index in [9.17, 15) is 13.2 Å². The molecular weight excluding hydrogens is 499 g/mol. The predicted molar refractivity (Wildman–Crippen MR) is 128 cm³/mol. The maximum atomic E-state index is 12.4. The first-order valence-corrected chi connectivity index (χ1v) is 12.0. The normalized spacial score (nSPS) is 11.7. The molecule has 0 aliphatic rings. The number of aromatic nitrogens is 1. The number of fused-ring (bicyclic) bond motifs is 1. The number of nitrogens with zero attached hydrogens (tertiary/aromatic N) is 3. The Hall–Kier alpha value is -2.59. The Morgan fingerprint density at radius 2 is 1.97 bits per heavy atom. The minimum atomic E-state index is -3.83. The zero-order valence-electron chi connectivity index (χ0n) is 16.8. The predicted octanol–water partition coefficient (Wildman–Crippen LogP) is 4.12. The SMILES string of the molecule is COc1ccc2cc(/C=N\NC(=O)CN(c3cccc(Cl)c3Cl)S(C)(=O)=O)c(Cl)nc2c1. The molecule has 1 N–H and O–H groups in total. The summed E-state index contributed by atoms with van der Waals surface area (Å²) < 4.78 is 30.4. The van der Waals surface area contributed by atoms with Crippen LogP contribution in [0.1, 0.15) is 5.56 Å². The molecular formula is C20H17Cl3N4O4S. The van der Waals surface area contributed by atoms with Gasteiger partial charge in [-0.15, -0.1) is 0 Å². The van der Waals surface area contributed by atoms with E-state index < -0.39 is 22.5 Å². The quantitative estimate of drug-likeness (QED) is 0.290. The van der Waals surface area contributed by atoms with Crippen LogP contribution in [-0.4, -0.2) is 45.4 Å². The van der Waals surface area contributed by atoms with Gasteiger partial charge >= 0.3 is 0 Å². The molecule has 168 valence electrons. The van der Waals surface area contributed by atoms with Crippen LogP contribution < -0.4 is 14.5 Å². The Morgan fingerprint density at radius 3 is 2.66 bits per heavy atom. The molecule has 0 bridgehead atoms. The number of amides is 1. The van der Waals surface area contributed by atoms with E-state index >= 15 is 0 Å². The first-order chi connectivity index (χ1) is 15.1. The highest BCUT2D eigenvalue weighted by molar-refractivity contribution is 7.92. The number of anilines is 1. The fourth-order valence-electron chi connectivity index (χ4n) is 2.76. The molecule has 8 nitrogen and oxygen atoms in total. The molecule has 2 aromatic carbocycles. The van der Waals surface area contributed by atoms with Crippen LogP contribution in [0.4, 0.5) is 5.69 Å². The summed E-state index contributed by atoms with van der Waals surface area (Å²) in [6.07, 6.45) is 2.27. The Bertz CT molecular complexity index is 1320. The van der Waals surface area contributed by atoms with Crippen molar-refractivity contribution in [1.29, 1.82) is 0 Å². The summed E-state index contributed by atoms with van der Waals surface area (Å²) in [6, 6.07) is 11.6. The third-order valence-electron chi connectivity index (χ3n) is 4.29. The number of sulfonamides is 1. The summed E-state index contributed by atoms with van der Waals surface area (Å²) >= 11 is 18.3. The van der Waals surface area contributed by atoms with Crippen LogP contribution in [0.15, 0.2) is 47.6 Å². The molecule has 0 fully saturated rings. The van der Waals surface area contributed by atoms with Gasteiger partial charge in [-0.2, -0.15) is 5.10 Å². The van der Waals surface area contributed by atoms with Crippen molar-refractivity contribution >= 4 is 73.5 Å². The monoisotopic (exact) mass is 514 g/mol. The number of ether oxygens (including phenoxy) is 1. The Balaban J connectivity index is 1.77. The van der Waals surface area contributed by atoms with Gasteiger partial charge in [-0.3, -0.25) is 9.10 Å². The van der Waals surface area contributed by atoms with Crippen molar-refractivity contribution in [2.75, 3.05) is 24.2 Å². The van der Waals surface area contributed by atoms with Crippen molar-refractivity contribution in [3.8, 4) is 5.75 Å². The molecule has 12 heteroatoms. The fraction of sp³-hybridized carbons (Fsp3) is 0.150. The van der Waals surface area contributed by atoms with Crippen LogP contribution >= 0.6 is 34.8 Å². The summed E-state index contributed by atoms with van der Waals surface area (Å²) in [5, 5.41) is 5.00. The lowest BCUT2D eigenvalue weighted by atomic mass is 10.1. The van der Waals surface area contributed by atoms with Gasteiger partial charge in [-0.25, -0.2) is 18.8 Å². The number of methoxy groups -OCH3 is 1. The summed E-state index contributed by atoms with van der Waals surface area (Å²) in [4.78, 5) is 16.6. The average Bonchev–Trinajstić information content (AvgIpc) is 2.73. The van der Waals surface area contributed by atoms with Crippen LogP contribution in [0, 0.1) is 0 Å². The third kappa shape index (κ3) is 5.60. The zero-order chi connectivity index (χ0) is 23.5. The van der Waals surface area contributed by atoms with E-state index in [0.717, 1.165) is 15.9 Å². The molecule has 0 unspecified atom stereocenters. The lowest BCUT2D eigenvalue weighted by Crippen LogP contribution is -2.39. The fourth-order valence-corrected chi connectivity index (χ4v) is 4.27. The highest BCUT2D eigenvalue weighted by Gasteiger charge is 2.23. The minimum Gasteiger partial charge on any atom is -0.497 e. The van der Waals surface area contributed by atoms with Gasteiger partial charge in [-0.1, -0.05) is 40.9 Å². The molecule has 1 amide bonds. The number of hydrogen-bond donors (Lipinski definition) is 1. The summed E-state index contributed by atoms with van der Waals surface area (Å²) in [5.74, 6) is -0.0534. The van der Waals surface area contributed by atoms with Crippen LogP contribution in [0.2, 0.25) is 15.2 Å². The molecule has 0 atom stereocenters. The largest absolute Gasteiger partial charge is 0.497 e. The summed E-state index contributed by atoms with van der Waals surface area (Å²) in [7, 11) is -2.28. The van der Waals surface area contributed by atoms with Crippen molar-refractivity contribution in [1.82, 2.24) is 10.4 Å². The molecule has 0 radical (unpaired) electrons. The van der Waals surface area contributed by atoms with Crippen molar-refractivity contribution < 1.29 is 17.9 Å². The third-order valence-corrected chi connectivity index (χ3v) is 6.52. The molecule has 32 heavy (non-hydrogen) atoms.